The summed E-state index contributed by atoms with van der Waals surface area (Å²) >= 11 is 20.7. The van der Waals surface area contributed by atoms with Crippen molar-refractivity contribution in [1.82, 2.24) is 0 Å². The van der Waals surface area contributed by atoms with Crippen LogP contribution < -0.4 is 30.2 Å². The van der Waals surface area contributed by atoms with E-state index in [0.717, 1.165) is 122 Å². The lowest BCUT2D eigenvalue weighted by Gasteiger charge is -2.27. The first-order valence-electron chi connectivity index (χ1n) is 25.0. The maximum Gasteiger partial charge on any atom is 0.158 e. The first-order valence-corrected chi connectivity index (χ1v) is 26.1. The quantitative estimate of drug-likeness (QED) is 0.140. The molecule has 0 spiro atoms. The number of para-hydroxylation sites is 3. The van der Waals surface area contributed by atoms with Crippen LogP contribution in [0.25, 0.3) is 88.0 Å². The Morgan fingerprint density at radius 2 is 1.01 bits per heavy atom. The molecule has 3 N–H and O–H groups in total. The molecule has 3 aliphatic rings. The number of nitriles is 1. The van der Waals surface area contributed by atoms with Gasteiger partial charge in [-0.2, -0.15) is 5.26 Å². The lowest BCUT2D eigenvalue weighted by atomic mass is 9.83. The second-order valence-electron chi connectivity index (χ2n) is 19.3. The second kappa shape index (κ2) is 17.6. The Morgan fingerprint density at radius 3 is 1.87 bits per heavy atom. The number of rotatable bonds is 8. The summed E-state index contributed by atoms with van der Waals surface area (Å²) in [7, 11) is 0. The van der Waals surface area contributed by atoms with Crippen LogP contribution in [-0.4, -0.2) is 0 Å². The number of benzene rings is 12. The first-order chi connectivity index (χ1) is 37.8. The average molecular weight is 1050 g/mol. The van der Waals surface area contributed by atoms with Gasteiger partial charge in [-0.3, -0.25) is 0 Å². The summed E-state index contributed by atoms with van der Waals surface area (Å²) in [6.45, 7) is 0. The van der Waals surface area contributed by atoms with Gasteiger partial charge in [0, 0.05) is 72.4 Å². The van der Waals surface area contributed by atoms with Gasteiger partial charge in [-0.1, -0.05) is 150 Å². The Labute approximate surface area is 457 Å². The average Bonchev–Trinajstić information content (AvgIpc) is 3.59. The number of hydrogen-bond donors (Lipinski definition) is 3. The summed E-state index contributed by atoms with van der Waals surface area (Å²) in [6.07, 6.45) is 0. The molecule has 0 amide bonds. The van der Waals surface area contributed by atoms with Crippen molar-refractivity contribution < 1.29 is 14.2 Å². The van der Waals surface area contributed by atoms with Gasteiger partial charge in [0.15, 0.2) is 5.75 Å². The molecule has 0 aliphatic carbocycles. The highest BCUT2D eigenvalue weighted by molar-refractivity contribution is 6.35. The summed E-state index contributed by atoms with van der Waals surface area (Å²) in [6, 6.07) is 71.1. The molecule has 3 heterocycles. The molecule has 3 aliphatic heterocycles. The minimum atomic E-state index is 0.518. The van der Waals surface area contributed by atoms with E-state index in [1.165, 1.54) is 0 Å². The van der Waals surface area contributed by atoms with Gasteiger partial charge in [0.2, 0.25) is 0 Å². The zero-order chi connectivity index (χ0) is 51.5. The van der Waals surface area contributed by atoms with Crippen LogP contribution in [0.1, 0.15) is 5.56 Å². The van der Waals surface area contributed by atoms with E-state index in [-0.39, 0.29) is 0 Å². The fraction of sp³-hybridized carbons (Fsp3) is 0. The van der Waals surface area contributed by atoms with Gasteiger partial charge in [-0.25, -0.2) is 0 Å². The van der Waals surface area contributed by atoms with Crippen molar-refractivity contribution in [3.8, 4) is 96.2 Å². The predicted octanol–water partition coefficient (Wildman–Crippen LogP) is 20.9. The molecule has 10 heteroatoms. The van der Waals surface area contributed by atoms with Crippen LogP contribution in [0.5, 0.6) is 34.5 Å². The van der Waals surface area contributed by atoms with Crippen LogP contribution in [0.4, 0.5) is 34.1 Å². The Balaban J connectivity index is 0.808. The van der Waals surface area contributed by atoms with Gasteiger partial charge in [-0.15, -0.1) is 0 Å². The third kappa shape index (κ3) is 7.26. The van der Waals surface area contributed by atoms with Crippen molar-refractivity contribution in [2.24, 2.45) is 0 Å². The molecule has 0 atom stereocenters. The van der Waals surface area contributed by atoms with Crippen molar-refractivity contribution in [2.45, 2.75) is 0 Å². The fourth-order valence-electron chi connectivity index (χ4n) is 11.4. The van der Waals surface area contributed by atoms with E-state index in [2.05, 4.69) is 82.7 Å². The number of fused-ring (bicyclic) bond motifs is 6. The van der Waals surface area contributed by atoms with E-state index in [0.29, 0.717) is 55.0 Å². The SMILES string of the molecule is N#Cc1c(-c2ccc3cccc4c3c2-c2cccc(Nc3c(Cl)cccc3-c3ccc(Cl)c(Nc5ccc6c(c5)-c5cccc7cccc(c57)O6)c3)c2O4)cc2c3c(cccc13)-c1ccc(Nc3ccccc3Cl)cc1O2. The second-order valence-corrected chi connectivity index (χ2v) is 20.5. The van der Waals surface area contributed by atoms with Gasteiger partial charge in [-0.05, 0) is 118 Å². The van der Waals surface area contributed by atoms with E-state index in [1.807, 2.05) is 146 Å². The van der Waals surface area contributed by atoms with E-state index >= 15 is 0 Å². The van der Waals surface area contributed by atoms with E-state index in [9.17, 15) is 5.26 Å². The molecular weight excluding hydrogens is 1020 g/mol. The summed E-state index contributed by atoms with van der Waals surface area (Å²) in [5.74, 6) is 4.30. The molecule has 0 aromatic heterocycles. The van der Waals surface area contributed by atoms with Crippen molar-refractivity contribution in [2.75, 3.05) is 16.0 Å². The third-order valence-electron chi connectivity index (χ3n) is 14.9. The van der Waals surface area contributed by atoms with E-state index in [1.54, 1.807) is 0 Å². The van der Waals surface area contributed by atoms with E-state index < -0.39 is 0 Å². The largest absolute Gasteiger partial charge is 0.456 e. The van der Waals surface area contributed by atoms with Crippen molar-refractivity contribution >= 4 is 101 Å². The van der Waals surface area contributed by atoms with Crippen LogP contribution >= 0.6 is 34.8 Å². The molecule has 364 valence electrons. The normalized spacial score (nSPS) is 12.1. The van der Waals surface area contributed by atoms with Crippen molar-refractivity contribution in [3.05, 3.63) is 227 Å². The van der Waals surface area contributed by atoms with Crippen LogP contribution in [0.15, 0.2) is 206 Å². The van der Waals surface area contributed by atoms with Crippen LogP contribution in [0.3, 0.4) is 0 Å². The maximum atomic E-state index is 11.2. The Bertz CT molecular complexity index is 4600. The Hall–Kier alpha value is -9.42. The number of anilines is 6. The standard InChI is InChI=1S/C67H37Cl3N4O3/c68-51-17-1-2-19-54(51)72-40-25-28-42-43-14-6-15-45-50(35-71)48(34-61(64(43)45)76-60(42)33-40)46-27-23-37-11-5-22-59-63(37)65(46)47-16-8-20-55(67(47)77-59)74-66-41(12-7-18-53(66)70)38-24-29-52(69)56(31-38)73-39-26-30-57-49(32-39)44-13-3-9-36-10-4-21-58(75-57)62(36)44/h1-34,72-74H. The fourth-order valence-corrected chi connectivity index (χ4v) is 12.0. The molecule has 0 unspecified atom stereocenters. The van der Waals surface area contributed by atoms with Gasteiger partial charge >= 0.3 is 0 Å². The molecule has 77 heavy (non-hydrogen) atoms. The summed E-state index contributed by atoms with van der Waals surface area (Å²) in [4.78, 5) is 0. The first kappa shape index (κ1) is 45.0. The molecule has 0 radical (unpaired) electrons. The molecule has 12 aromatic rings. The number of ether oxygens (including phenoxy) is 3. The molecule has 0 saturated heterocycles. The zero-order valence-electron chi connectivity index (χ0n) is 40.4. The number of nitrogens with one attached hydrogen (secondary N) is 3. The van der Waals surface area contributed by atoms with Crippen LogP contribution in [-0.2, 0) is 0 Å². The molecule has 12 aromatic carbocycles. The van der Waals surface area contributed by atoms with Gasteiger partial charge in [0.25, 0.3) is 0 Å². The monoisotopic (exact) mass is 1050 g/mol. The lowest BCUT2D eigenvalue weighted by Crippen LogP contribution is -2.04. The smallest absolute Gasteiger partial charge is 0.158 e. The molecule has 7 nitrogen and oxygen atoms in total. The topological polar surface area (TPSA) is 87.6 Å². The van der Waals surface area contributed by atoms with Crippen molar-refractivity contribution in [3.63, 3.8) is 0 Å². The molecule has 0 fully saturated rings. The highest BCUT2D eigenvalue weighted by atomic mass is 35.5. The Kier molecular flexibility index (Phi) is 10.3. The molecule has 0 bridgehead atoms. The van der Waals surface area contributed by atoms with Crippen LogP contribution in [0.2, 0.25) is 15.1 Å². The summed E-state index contributed by atoms with van der Waals surface area (Å²) < 4.78 is 20.2. The summed E-state index contributed by atoms with van der Waals surface area (Å²) in [5, 5.41) is 29.5. The Morgan fingerprint density at radius 1 is 0.364 bits per heavy atom. The van der Waals surface area contributed by atoms with Crippen LogP contribution in [0, 0.1) is 11.3 Å². The highest BCUT2D eigenvalue weighted by Gasteiger charge is 2.30. The van der Waals surface area contributed by atoms with E-state index in [4.69, 9.17) is 49.0 Å². The summed E-state index contributed by atoms with van der Waals surface area (Å²) in [5.41, 5.74) is 14.3. The van der Waals surface area contributed by atoms with Gasteiger partial charge < -0.3 is 30.2 Å². The highest BCUT2D eigenvalue weighted by Crippen LogP contribution is 2.57. The maximum absolute atomic E-state index is 11.2. The number of hydrogen-bond acceptors (Lipinski definition) is 7. The molecule has 15 rings (SSSR count). The number of halogens is 3. The minimum absolute atomic E-state index is 0.518. The van der Waals surface area contributed by atoms with Gasteiger partial charge in [0.05, 0.1) is 43.4 Å². The predicted molar refractivity (Wildman–Crippen MR) is 315 cm³/mol. The van der Waals surface area contributed by atoms with Crippen molar-refractivity contribution in [1.29, 1.82) is 5.26 Å². The lowest BCUT2D eigenvalue weighted by molar-refractivity contribution is 0.487. The molecule has 0 saturated carbocycles. The molecular formula is C67H37Cl3N4O3. The third-order valence-corrected chi connectivity index (χ3v) is 15.8. The van der Waals surface area contributed by atoms with Gasteiger partial charge in [0.1, 0.15) is 34.8 Å². The minimum Gasteiger partial charge on any atom is -0.456 e. The zero-order valence-corrected chi connectivity index (χ0v) is 42.7. The number of nitrogens with zero attached hydrogens (tertiary/aromatic N) is 1.